The van der Waals surface area contributed by atoms with E-state index in [0.717, 1.165) is 0 Å². The van der Waals surface area contributed by atoms with Gasteiger partial charge in [0.15, 0.2) is 0 Å². The fourth-order valence-corrected chi connectivity index (χ4v) is 2.29. The quantitative estimate of drug-likeness (QED) is 0.626. The molecule has 1 aliphatic rings. The van der Waals surface area contributed by atoms with E-state index < -0.39 is 0 Å². The highest BCUT2D eigenvalue weighted by atomic mass is 16.3. The van der Waals surface area contributed by atoms with Crippen molar-refractivity contribution in [1.29, 1.82) is 0 Å². The highest BCUT2D eigenvalue weighted by molar-refractivity contribution is 5.74. The molecule has 0 heterocycles. The first-order valence-corrected chi connectivity index (χ1v) is 6.39. The van der Waals surface area contributed by atoms with E-state index in [0.29, 0.717) is 18.9 Å². The number of amides is 2. The fourth-order valence-electron chi connectivity index (χ4n) is 2.29. The number of urea groups is 1. The van der Waals surface area contributed by atoms with E-state index in [2.05, 4.69) is 17.6 Å². The predicted molar refractivity (Wildman–Crippen MR) is 64.3 cm³/mol. The third-order valence-electron chi connectivity index (χ3n) is 3.34. The van der Waals surface area contributed by atoms with Gasteiger partial charge in [0, 0.05) is 19.2 Å². The standard InChI is InChI=1S/C12H24N2O2/c1-10(11-6-3-2-4-7-11)14-12(16)13-8-5-9-15/h10-11,15H,2-9H2,1H3,(H2,13,14,16). The summed E-state index contributed by atoms with van der Waals surface area (Å²) in [6, 6.07) is 0.154. The van der Waals surface area contributed by atoms with Crippen molar-refractivity contribution in [3.8, 4) is 0 Å². The van der Waals surface area contributed by atoms with Crippen LogP contribution in [-0.2, 0) is 0 Å². The van der Waals surface area contributed by atoms with Crippen LogP contribution >= 0.6 is 0 Å². The Labute approximate surface area is 97.8 Å². The van der Waals surface area contributed by atoms with Gasteiger partial charge in [0.1, 0.15) is 0 Å². The minimum Gasteiger partial charge on any atom is -0.396 e. The molecule has 94 valence electrons. The van der Waals surface area contributed by atoms with E-state index in [1.54, 1.807) is 0 Å². The van der Waals surface area contributed by atoms with Crippen molar-refractivity contribution in [3.63, 3.8) is 0 Å². The van der Waals surface area contributed by atoms with Crippen molar-refractivity contribution >= 4 is 6.03 Å². The number of rotatable bonds is 5. The molecule has 0 aromatic heterocycles. The number of aliphatic hydroxyl groups is 1. The molecule has 0 bridgehead atoms. The third kappa shape index (κ3) is 4.84. The van der Waals surface area contributed by atoms with Crippen LogP contribution in [-0.4, -0.2) is 30.3 Å². The molecule has 1 fully saturated rings. The molecule has 1 saturated carbocycles. The maximum absolute atomic E-state index is 11.5. The summed E-state index contributed by atoms with van der Waals surface area (Å²) in [5, 5.41) is 14.3. The van der Waals surface area contributed by atoms with Crippen LogP contribution < -0.4 is 10.6 Å². The first-order chi connectivity index (χ1) is 7.74. The molecule has 3 N–H and O–H groups in total. The van der Waals surface area contributed by atoms with Crippen LogP contribution in [0.25, 0.3) is 0 Å². The van der Waals surface area contributed by atoms with Crippen LogP contribution in [0.4, 0.5) is 4.79 Å². The van der Waals surface area contributed by atoms with E-state index in [1.807, 2.05) is 0 Å². The van der Waals surface area contributed by atoms with E-state index in [-0.39, 0.29) is 18.7 Å². The summed E-state index contributed by atoms with van der Waals surface area (Å²) in [5.74, 6) is 0.636. The van der Waals surface area contributed by atoms with Crippen LogP contribution in [0.15, 0.2) is 0 Å². The maximum Gasteiger partial charge on any atom is 0.315 e. The monoisotopic (exact) mass is 228 g/mol. The van der Waals surface area contributed by atoms with Crippen molar-refractivity contribution in [2.24, 2.45) is 5.92 Å². The van der Waals surface area contributed by atoms with Crippen LogP contribution in [0.3, 0.4) is 0 Å². The van der Waals surface area contributed by atoms with Gasteiger partial charge in [-0.15, -0.1) is 0 Å². The molecule has 0 saturated heterocycles. The lowest BCUT2D eigenvalue weighted by Crippen LogP contribution is -2.44. The van der Waals surface area contributed by atoms with E-state index in [1.165, 1.54) is 32.1 Å². The Morgan fingerprint density at radius 3 is 2.69 bits per heavy atom. The molecule has 0 aromatic rings. The van der Waals surface area contributed by atoms with Crippen LogP contribution in [0.1, 0.15) is 45.4 Å². The fraction of sp³-hybridized carbons (Fsp3) is 0.917. The molecule has 16 heavy (non-hydrogen) atoms. The SMILES string of the molecule is CC(NC(=O)NCCCO)C1CCCCC1. The summed E-state index contributed by atoms with van der Waals surface area (Å²) in [5.41, 5.74) is 0. The summed E-state index contributed by atoms with van der Waals surface area (Å²) < 4.78 is 0. The zero-order chi connectivity index (χ0) is 11.8. The van der Waals surface area contributed by atoms with Gasteiger partial charge < -0.3 is 15.7 Å². The Kier molecular flexibility index (Phi) is 6.23. The van der Waals surface area contributed by atoms with Crippen molar-refractivity contribution in [3.05, 3.63) is 0 Å². The second kappa shape index (κ2) is 7.49. The summed E-state index contributed by atoms with van der Waals surface area (Å²) in [4.78, 5) is 11.5. The minimum atomic E-state index is -0.105. The molecule has 1 unspecified atom stereocenters. The Morgan fingerprint density at radius 1 is 1.38 bits per heavy atom. The molecule has 0 radical (unpaired) electrons. The van der Waals surface area contributed by atoms with E-state index in [9.17, 15) is 4.79 Å². The molecular formula is C12H24N2O2. The van der Waals surface area contributed by atoms with Crippen LogP contribution in [0, 0.1) is 5.92 Å². The lowest BCUT2D eigenvalue weighted by atomic mass is 9.85. The highest BCUT2D eigenvalue weighted by Crippen LogP contribution is 2.26. The van der Waals surface area contributed by atoms with Crippen molar-refractivity contribution in [2.45, 2.75) is 51.5 Å². The van der Waals surface area contributed by atoms with E-state index >= 15 is 0 Å². The van der Waals surface area contributed by atoms with Gasteiger partial charge in [-0.2, -0.15) is 0 Å². The smallest absolute Gasteiger partial charge is 0.315 e. The zero-order valence-corrected chi connectivity index (χ0v) is 10.2. The van der Waals surface area contributed by atoms with Gasteiger partial charge in [-0.1, -0.05) is 19.3 Å². The molecule has 1 atom stereocenters. The summed E-state index contributed by atoms with van der Waals surface area (Å²) >= 11 is 0. The average molecular weight is 228 g/mol. The van der Waals surface area contributed by atoms with Crippen molar-refractivity contribution in [1.82, 2.24) is 10.6 Å². The number of carbonyl (C=O) groups is 1. The second-order valence-electron chi connectivity index (χ2n) is 4.66. The van der Waals surface area contributed by atoms with E-state index in [4.69, 9.17) is 5.11 Å². The van der Waals surface area contributed by atoms with Gasteiger partial charge in [0.25, 0.3) is 0 Å². The Hall–Kier alpha value is -0.770. The predicted octanol–water partition coefficient (Wildman–Crippen LogP) is 1.64. The maximum atomic E-state index is 11.5. The van der Waals surface area contributed by atoms with Gasteiger partial charge >= 0.3 is 6.03 Å². The van der Waals surface area contributed by atoms with Gasteiger partial charge in [0.2, 0.25) is 0 Å². The molecular weight excluding hydrogens is 204 g/mol. The summed E-state index contributed by atoms with van der Waals surface area (Å²) in [6.07, 6.45) is 7.01. The molecule has 4 heteroatoms. The molecule has 1 aliphatic carbocycles. The Morgan fingerprint density at radius 2 is 2.06 bits per heavy atom. The molecule has 1 rings (SSSR count). The summed E-state index contributed by atoms with van der Waals surface area (Å²) in [6.45, 7) is 2.75. The lowest BCUT2D eigenvalue weighted by molar-refractivity contribution is 0.223. The van der Waals surface area contributed by atoms with Gasteiger partial charge in [-0.3, -0.25) is 0 Å². The number of hydrogen-bond acceptors (Lipinski definition) is 2. The number of nitrogens with one attached hydrogen (secondary N) is 2. The Bertz CT molecular complexity index is 203. The largest absolute Gasteiger partial charge is 0.396 e. The number of aliphatic hydroxyl groups excluding tert-OH is 1. The van der Waals surface area contributed by atoms with Crippen molar-refractivity contribution in [2.75, 3.05) is 13.2 Å². The molecule has 2 amide bonds. The van der Waals surface area contributed by atoms with Crippen LogP contribution in [0.2, 0.25) is 0 Å². The van der Waals surface area contributed by atoms with Crippen LogP contribution in [0.5, 0.6) is 0 Å². The number of carbonyl (C=O) groups excluding carboxylic acids is 1. The van der Waals surface area contributed by atoms with Gasteiger partial charge in [-0.05, 0) is 32.1 Å². The van der Waals surface area contributed by atoms with Crippen molar-refractivity contribution < 1.29 is 9.90 Å². The van der Waals surface area contributed by atoms with Gasteiger partial charge in [0.05, 0.1) is 0 Å². The third-order valence-corrected chi connectivity index (χ3v) is 3.34. The summed E-state index contributed by atoms with van der Waals surface area (Å²) in [7, 11) is 0. The Balaban J connectivity index is 2.16. The molecule has 0 aromatic carbocycles. The zero-order valence-electron chi connectivity index (χ0n) is 10.2. The normalized spacial score (nSPS) is 19.1. The first kappa shape index (κ1) is 13.3. The molecule has 4 nitrogen and oxygen atoms in total. The second-order valence-corrected chi connectivity index (χ2v) is 4.66. The topological polar surface area (TPSA) is 61.4 Å². The first-order valence-electron chi connectivity index (χ1n) is 6.39. The molecule has 0 spiro atoms. The number of hydrogen-bond donors (Lipinski definition) is 3. The molecule has 0 aliphatic heterocycles. The lowest BCUT2D eigenvalue weighted by Gasteiger charge is -2.28. The minimum absolute atomic E-state index is 0.105. The van der Waals surface area contributed by atoms with Gasteiger partial charge in [-0.25, -0.2) is 4.79 Å². The highest BCUT2D eigenvalue weighted by Gasteiger charge is 2.20. The average Bonchev–Trinajstić information content (AvgIpc) is 2.30.